The summed E-state index contributed by atoms with van der Waals surface area (Å²) in [4.78, 5) is 15.5. The van der Waals surface area contributed by atoms with E-state index in [-0.39, 0.29) is 11.3 Å². The van der Waals surface area contributed by atoms with Gasteiger partial charge in [0.1, 0.15) is 5.75 Å². The summed E-state index contributed by atoms with van der Waals surface area (Å²) in [7, 11) is 0. The highest BCUT2D eigenvalue weighted by Crippen LogP contribution is 2.39. The normalized spacial score (nSPS) is 16.5. The van der Waals surface area contributed by atoms with E-state index >= 15 is 0 Å². The predicted molar refractivity (Wildman–Crippen MR) is 89.3 cm³/mol. The van der Waals surface area contributed by atoms with Crippen molar-refractivity contribution in [3.63, 3.8) is 0 Å². The molecule has 2 aromatic rings. The van der Waals surface area contributed by atoms with Crippen molar-refractivity contribution in [2.24, 2.45) is 0 Å². The number of ether oxygens (including phenoxy) is 1. The highest BCUT2D eigenvalue weighted by Gasteiger charge is 2.48. The summed E-state index contributed by atoms with van der Waals surface area (Å²) in [6.45, 7) is 1.83. The van der Waals surface area contributed by atoms with Crippen LogP contribution in [0.4, 0.5) is 13.2 Å². The molecule has 1 N–H and O–H groups in total. The summed E-state index contributed by atoms with van der Waals surface area (Å²) >= 11 is 6.22. The molecular weight excluding hydrogens is 371 g/mol. The van der Waals surface area contributed by atoms with E-state index in [1.54, 1.807) is 6.07 Å². The molecular formula is C18H13ClF3NO3. The molecule has 1 aromatic carbocycles. The Labute approximate surface area is 151 Å². The van der Waals surface area contributed by atoms with Gasteiger partial charge >= 0.3 is 12.1 Å². The fraction of sp³-hybridized carbons (Fsp3) is 0.222. The lowest BCUT2D eigenvalue weighted by Crippen LogP contribution is -2.40. The van der Waals surface area contributed by atoms with Gasteiger partial charge in [-0.1, -0.05) is 17.7 Å². The zero-order valence-corrected chi connectivity index (χ0v) is 14.2. The van der Waals surface area contributed by atoms with E-state index in [0.717, 1.165) is 11.8 Å². The third-order valence-electron chi connectivity index (χ3n) is 3.88. The van der Waals surface area contributed by atoms with Gasteiger partial charge in [-0.05, 0) is 42.8 Å². The van der Waals surface area contributed by atoms with Crippen LogP contribution in [0.1, 0.15) is 22.5 Å². The van der Waals surface area contributed by atoms with Crippen LogP contribution >= 0.6 is 11.6 Å². The zero-order valence-electron chi connectivity index (χ0n) is 13.5. The zero-order chi connectivity index (χ0) is 19.1. The lowest BCUT2D eigenvalue weighted by Gasteiger charge is -2.27. The third-order valence-corrected chi connectivity index (χ3v) is 4.23. The van der Waals surface area contributed by atoms with Crippen LogP contribution in [0.2, 0.25) is 5.02 Å². The first-order valence-electron chi connectivity index (χ1n) is 7.58. The van der Waals surface area contributed by atoms with Crippen molar-refractivity contribution in [2.75, 3.05) is 0 Å². The molecule has 0 saturated carbocycles. The molecule has 1 atom stereocenters. The van der Waals surface area contributed by atoms with E-state index in [2.05, 4.69) is 4.98 Å². The Morgan fingerprint density at radius 3 is 2.69 bits per heavy atom. The number of hydrogen-bond donors (Lipinski definition) is 1. The van der Waals surface area contributed by atoms with Gasteiger partial charge in [0, 0.05) is 28.4 Å². The molecule has 3 rings (SSSR count). The highest BCUT2D eigenvalue weighted by atomic mass is 35.5. The number of aryl methyl sites for hydroxylation is 1. The number of fused-ring (bicyclic) bond motifs is 1. The van der Waals surface area contributed by atoms with E-state index in [0.29, 0.717) is 22.7 Å². The summed E-state index contributed by atoms with van der Waals surface area (Å²) in [5, 5.41) is 9.35. The Morgan fingerprint density at radius 2 is 2.08 bits per heavy atom. The topological polar surface area (TPSA) is 59.4 Å². The summed E-state index contributed by atoms with van der Waals surface area (Å²) in [6.07, 6.45) is -6.12. The van der Waals surface area contributed by atoms with Gasteiger partial charge in [-0.2, -0.15) is 13.2 Å². The Balaban J connectivity index is 2.01. The van der Waals surface area contributed by atoms with Crippen molar-refractivity contribution in [1.82, 2.24) is 4.98 Å². The minimum Gasteiger partial charge on any atom is -0.478 e. The number of halogens is 4. The van der Waals surface area contributed by atoms with Crippen LogP contribution in [0.5, 0.6) is 5.75 Å². The van der Waals surface area contributed by atoms with E-state index in [9.17, 15) is 18.0 Å². The average Bonchev–Trinajstić information content (AvgIpc) is 2.53. The van der Waals surface area contributed by atoms with E-state index in [1.165, 1.54) is 12.1 Å². The number of aromatic nitrogens is 1. The number of benzene rings is 1. The summed E-state index contributed by atoms with van der Waals surface area (Å²) in [5.74, 6) is -1.76. The molecule has 0 spiro atoms. The number of rotatable bonds is 3. The van der Waals surface area contributed by atoms with E-state index in [1.807, 2.05) is 19.1 Å². The molecule has 136 valence electrons. The number of aliphatic carboxylic acids is 1. The fourth-order valence-electron chi connectivity index (χ4n) is 2.70. The Morgan fingerprint density at radius 1 is 1.35 bits per heavy atom. The van der Waals surface area contributed by atoms with Crippen LogP contribution in [0.15, 0.2) is 35.9 Å². The van der Waals surface area contributed by atoms with Crippen molar-refractivity contribution < 1.29 is 27.8 Å². The first-order valence-corrected chi connectivity index (χ1v) is 7.96. The summed E-state index contributed by atoms with van der Waals surface area (Å²) in [6, 6.07) is 8.23. The van der Waals surface area contributed by atoms with Crippen LogP contribution in [0, 0.1) is 6.92 Å². The summed E-state index contributed by atoms with van der Waals surface area (Å²) in [5.41, 5.74) is 1.36. The molecule has 1 aliphatic rings. The molecule has 1 unspecified atom stereocenters. The van der Waals surface area contributed by atoms with Crippen LogP contribution in [-0.2, 0) is 11.2 Å². The second-order valence-electron chi connectivity index (χ2n) is 5.87. The van der Waals surface area contributed by atoms with Gasteiger partial charge in [-0.15, -0.1) is 0 Å². The molecule has 0 saturated heterocycles. The average molecular weight is 384 g/mol. The predicted octanol–water partition coefficient (Wildman–Crippen LogP) is 4.43. The molecule has 4 nitrogen and oxygen atoms in total. The second kappa shape index (κ2) is 6.64. The highest BCUT2D eigenvalue weighted by molar-refractivity contribution is 6.31. The van der Waals surface area contributed by atoms with E-state index in [4.69, 9.17) is 21.4 Å². The van der Waals surface area contributed by atoms with Crippen molar-refractivity contribution in [3.05, 3.63) is 63.4 Å². The standard InChI is InChI=1S/C18H13ClF3NO3/c1-9-3-2-4-12(23-9)5-10-8-15-11(7-14(10)19)6-13(17(24)25)16(26-15)18(20,21)22/h2-4,6-8,16H,5H2,1H3,(H,24,25). The van der Waals surface area contributed by atoms with Gasteiger partial charge in [0.25, 0.3) is 0 Å². The SMILES string of the molecule is Cc1cccc(Cc2cc3c(cc2Cl)C=C(C(=O)O)C(C(F)(F)F)O3)n1. The molecule has 1 aliphatic heterocycles. The van der Waals surface area contributed by atoms with Gasteiger partial charge in [-0.25, -0.2) is 4.79 Å². The van der Waals surface area contributed by atoms with Gasteiger partial charge in [-0.3, -0.25) is 4.98 Å². The summed E-state index contributed by atoms with van der Waals surface area (Å²) < 4.78 is 44.4. The van der Waals surface area contributed by atoms with Crippen molar-refractivity contribution in [2.45, 2.75) is 25.6 Å². The molecule has 2 heterocycles. The molecule has 26 heavy (non-hydrogen) atoms. The molecule has 0 radical (unpaired) electrons. The number of pyridine rings is 1. The first kappa shape index (κ1) is 18.3. The second-order valence-corrected chi connectivity index (χ2v) is 6.28. The Hall–Kier alpha value is -2.54. The minimum absolute atomic E-state index is 0.0654. The van der Waals surface area contributed by atoms with Crippen molar-refractivity contribution in [3.8, 4) is 5.75 Å². The third kappa shape index (κ3) is 3.67. The molecule has 0 bridgehead atoms. The number of carboxylic acid groups (broad SMARTS) is 1. The number of hydrogen-bond acceptors (Lipinski definition) is 3. The first-order chi connectivity index (χ1) is 12.1. The van der Waals surface area contributed by atoms with Crippen LogP contribution in [0.3, 0.4) is 0 Å². The van der Waals surface area contributed by atoms with Gasteiger partial charge < -0.3 is 9.84 Å². The fourth-order valence-corrected chi connectivity index (χ4v) is 2.94. The monoisotopic (exact) mass is 383 g/mol. The van der Waals surface area contributed by atoms with Crippen LogP contribution in [0.25, 0.3) is 6.08 Å². The van der Waals surface area contributed by atoms with Crippen LogP contribution < -0.4 is 4.74 Å². The largest absolute Gasteiger partial charge is 0.478 e. The van der Waals surface area contributed by atoms with Gasteiger partial charge in [0.05, 0.1) is 5.57 Å². The van der Waals surface area contributed by atoms with E-state index < -0.39 is 23.8 Å². The number of alkyl halides is 3. The smallest absolute Gasteiger partial charge is 0.430 e. The lowest BCUT2D eigenvalue weighted by atomic mass is 9.98. The Kier molecular flexibility index (Phi) is 4.66. The molecule has 8 heteroatoms. The maximum absolute atomic E-state index is 13.2. The lowest BCUT2D eigenvalue weighted by molar-refractivity contribution is -0.187. The molecule has 0 amide bonds. The number of carboxylic acids is 1. The van der Waals surface area contributed by atoms with Gasteiger partial charge in [0.2, 0.25) is 6.10 Å². The maximum Gasteiger partial charge on any atom is 0.430 e. The van der Waals surface area contributed by atoms with Crippen molar-refractivity contribution >= 4 is 23.6 Å². The number of nitrogens with zero attached hydrogens (tertiary/aromatic N) is 1. The molecule has 0 aliphatic carbocycles. The number of carbonyl (C=O) groups is 1. The van der Waals surface area contributed by atoms with Gasteiger partial charge in [0.15, 0.2) is 0 Å². The molecule has 0 fully saturated rings. The maximum atomic E-state index is 13.2. The van der Waals surface area contributed by atoms with Crippen LogP contribution in [-0.4, -0.2) is 28.3 Å². The molecule has 1 aromatic heterocycles. The Bertz CT molecular complexity index is 909. The quantitative estimate of drug-likeness (QED) is 0.852. The minimum atomic E-state index is -4.85. The van der Waals surface area contributed by atoms with Crippen molar-refractivity contribution in [1.29, 1.82) is 0 Å².